The summed E-state index contributed by atoms with van der Waals surface area (Å²) < 4.78 is 11.1. The molecule has 1 N–H and O–H groups in total. The van der Waals surface area contributed by atoms with Crippen LogP contribution in [-0.4, -0.2) is 36.9 Å². The highest BCUT2D eigenvalue weighted by Crippen LogP contribution is 2.23. The molecule has 47 heavy (non-hydrogen) atoms. The monoisotopic (exact) mass is 663 g/mol. The molecule has 0 aliphatic rings. The zero-order valence-electron chi connectivity index (χ0n) is 31.5. The van der Waals surface area contributed by atoms with E-state index in [1.807, 2.05) is 6.92 Å². The van der Waals surface area contributed by atoms with Crippen molar-refractivity contribution in [3.63, 3.8) is 0 Å². The molecule has 0 saturated carbocycles. The van der Waals surface area contributed by atoms with E-state index in [0.717, 1.165) is 51.4 Å². The van der Waals surface area contributed by atoms with Crippen LogP contribution in [0.15, 0.2) is 24.3 Å². The first-order valence-electron chi connectivity index (χ1n) is 20.3. The van der Waals surface area contributed by atoms with Gasteiger partial charge in [0.15, 0.2) is 0 Å². The maximum atomic E-state index is 12.3. The summed E-state index contributed by atoms with van der Waals surface area (Å²) in [6, 6.07) is 0. The van der Waals surface area contributed by atoms with Crippen LogP contribution in [0.4, 0.5) is 0 Å². The highest BCUT2D eigenvalue weighted by molar-refractivity contribution is 5.69. The number of aliphatic hydroxyl groups is 1. The topological polar surface area (TPSA) is 72.8 Å². The van der Waals surface area contributed by atoms with Gasteiger partial charge in [-0.1, -0.05) is 148 Å². The highest BCUT2D eigenvalue weighted by Gasteiger charge is 2.31. The fraction of sp³-hybridized carbons (Fsp3) is 0.857. The lowest BCUT2D eigenvalue weighted by molar-refractivity contribution is -0.156. The number of hydrogen-bond acceptors (Lipinski definition) is 5. The van der Waals surface area contributed by atoms with Gasteiger partial charge in [-0.05, 0) is 70.6 Å². The van der Waals surface area contributed by atoms with Crippen molar-refractivity contribution < 1.29 is 24.2 Å². The molecule has 0 radical (unpaired) electrons. The SMILES string of the molecule is CCCCCCCCC=CCCCCCCCC(=O)OCC(CC)(CO)COC(=O)CCCCCCCC=CCCCCCCCC. The molecule has 5 nitrogen and oxygen atoms in total. The third-order valence-electron chi connectivity index (χ3n) is 9.45. The van der Waals surface area contributed by atoms with Gasteiger partial charge >= 0.3 is 11.9 Å². The molecular weight excluding hydrogens is 584 g/mol. The summed E-state index contributed by atoms with van der Waals surface area (Å²) in [6.07, 6.45) is 42.5. The largest absolute Gasteiger partial charge is 0.465 e. The Balaban J connectivity index is 3.81. The molecule has 0 unspecified atom stereocenters. The van der Waals surface area contributed by atoms with Crippen LogP contribution in [0.2, 0.25) is 0 Å². The lowest BCUT2D eigenvalue weighted by Gasteiger charge is -2.29. The first kappa shape index (κ1) is 45.4. The van der Waals surface area contributed by atoms with Crippen molar-refractivity contribution in [1.29, 1.82) is 0 Å². The molecule has 0 aromatic heterocycles. The number of rotatable bonds is 36. The minimum atomic E-state index is -0.726. The van der Waals surface area contributed by atoms with Crippen molar-refractivity contribution in [2.75, 3.05) is 19.8 Å². The molecule has 0 aromatic carbocycles. The van der Waals surface area contributed by atoms with Crippen molar-refractivity contribution in [1.82, 2.24) is 0 Å². The molecule has 0 aliphatic carbocycles. The smallest absolute Gasteiger partial charge is 0.305 e. The van der Waals surface area contributed by atoms with Gasteiger partial charge in [-0.25, -0.2) is 0 Å². The summed E-state index contributed by atoms with van der Waals surface area (Å²) >= 11 is 0. The standard InChI is InChI=1S/C42H78O5/c1-4-7-9-11-13-15-17-19-21-23-25-27-29-31-33-35-40(44)46-38-42(6-3,37-43)39-47-41(45)36-34-32-30-28-26-24-22-20-18-16-14-12-10-8-5-2/h19-22,43H,4-18,23-39H2,1-3H3. The van der Waals surface area contributed by atoms with Crippen LogP contribution >= 0.6 is 0 Å². The third-order valence-corrected chi connectivity index (χ3v) is 9.45. The van der Waals surface area contributed by atoms with Crippen LogP contribution in [0.1, 0.15) is 207 Å². The molecule has 0 aromatic rings. The number of hydrogen-bond donors (Lipinski definition) is 1. The number of carbonyl (C=O) groups excluding carboxylic acids is 2. The maximum absolute atomic E-state index is 12.3. The summed E-state index contributed by atoms with van der Waals surface area (Å²) in [7, 11) is 0. The van der Waals surface area contributed by atoms with E-state index >= 15 is 0 Å². The zero-order chi connectivity index (χ0) is 34.5. The van der Waals surface area contributed by atoms with Crippen LogP contribution in [0.5, 0.6) is 0 Å². The van der Waals surface area contributed by atoms with Gasteiger partial charge < -0.3 is 14.6 Å². The van der Waals surface area contributed by atoms with E-state index < -0.39 is 5.41 Å². The van der Waals surface area contributed by atoms with E-state index in [9.17, 15) is 14.7 Å². The Morgan fingerprint density at radius 3 is 1.06 bits per heavy atom. The fourth-order valence-electron chi connectivity index (χ4n) is 5.74. The van der Waals surface area contributed by atoms with Crippen molar-refractivity contribution in [2.24, 2.45) is 5.41 Å². The molecule has 0 aliphatic heterocycles. The molecule has 0 saturated heterocycles. The van der Waals surface area contributed by atoms with E-state index in [4.69, 9.17) is 9.47 Å². The Morgan fingerprint density at radius 2 is 0.766 bits per heavy atom. The molecule has 0 fully saturated rings. The lowest BCUT2D eigenvalue weighted by atomic mass is 9.88. The molecule has 0 atom stereocenters. The van der Waals surface area contributed by atoms with Gasteiger partial charge in [-0.3, -0.25) is 9.59 Å². The maximum Gasteiger partial charge on any atom is 0.305 e. The van der Waals surface area contributed by atoms with Gasteiger partial charge in [0.05, 0.1) is 12.0 Å². The molecule has 276 valence electrons. The number of ether oxygens (including phenoxy) is 2. The number of unbranched alkanes of at least 4 members (excludes halogenated alkanes) is 22. The van der Waals surface area contributed by atoms with Gasteiger partial charge in [-0.2, -0.15) is 0 Å². The van der Waals surface area contributed by atoms with Crippen LogP contribution in [0, 0.1) is 5.41 Å². The molecule has 0 amide bonds. The second kappa shape index (κ2) is 35.7. The van der Waals surface area contributed by atoms with Crippen molar-refractivity contribution in [3.8, 4) is 0 Å². The zero-order valence-corrected chi connectivity index (χ0v) is 31.5. The molecular formula is C42H78O5. The Kier molecular flexibility index (Phi) is 34.5. The van der Waals surface area contributed by atoms with E-state index in [1.54, 1.807) is 0 Å². The Bertz CT molecular complexity index is 681. The number of carbonyl (C=O) groups is 2. The first-order chi connectivity index (χ1) is 23.0. The summed E-state index contributed by atoms with van der Waals surface area (Å²) in [4.78, 5) is 24.7. The van der Waals surface area contributed by atoms with Gasteiger partial charge in [0, 0.05) is 12.8 Å². The Labute approximate surface area is 292 Å². The summed E-state index contributed by atoms with van der Waals surface area (Å²) in [5.74, 6) is -0.456. The van der Waals surface area contributed by atoms with Crippen molar-refractivity contribution in [2.45, 2.75) is 207 Å². The molecule has 0 rings (SSSR count). The molecule has 0 spiro atoms. The summed E-state index contributed by atoms with van der Waals surface area (Å²) in [6.45, 7) is 6.46. The van der Waals surface area contributed by atoms with E-state index in [0.29, 0.717) is 19.3 Å². The number of esters is 2. The normalized spacial score (nSPS) is 13.0. The third kappa shape index (κ3) is 31.4. The Hall–Kier alpha value is -1.62. The van der Waals surface area contributed by atoms with Crippen LogP contribution < -0.4 is 0 Å². The van der Waals surface area contributed by atoms with Crippen molar-refractivity contribution >= 4 is 11.9 Å². The summed E-state index contributed by atoms with van der Waals surface area (Å²) in [5.41, 5.74) is -0.726. The molecule has 0 bridgehead atoms. The number of aliphatic hydroxyl groups excluding tert-OH is 1. The predicted octanol–water partition coefficient (Wildman–Crippen LogP) is 12.5. The average Bonchev–Trinajstić information content (AvgIpc) is 3.08. The van der Waals surface area contributed by atoms with Crippen LogP contribution in [0.3, 0.4) is 0 Å². The van der Waals surface area contributed by atoms with Gasteiger partial charge in [0.25, 0.3) is 0 Å². The fourth-order valence-corrected chi connectivity index (χ4v) is 5.74. The average molecular weight is 663 g/mol. The quantitative estimate of drug-likeness (QED) is 0.0410. The minimum Gasteiger partial charge on any atom is -0.465 e. The molecule has 5 heteroatoms. The van der Waals surface area contributed by atoms with E-state index in [-0.39, 0.29) is 31.8 Å². The van der Waals surface area contributed by atoms with Crippen LogP contribution in [-0.2, 0) is 19.1 Å². The van der Waals surface area contributed by atoms with Gasteiger partial charge in [-0.15, -0.1) is 0 Å². The van der Waals surface area contributed by atoms with Crippen molar-refractivity contribution in [3.05, 3.63) is 24.3 Å². The Morgan fingerprint density at radius 1 is 0.468 bits per heavy atom. The van der Waals surface area contributed by atoms with Gasteiger partial charge in [0.2, 0.25) is 0 Å². The highest BCUT2D eigenvalue weighted by atomic mass is 16.5. The van der Waals surface area contributed by atoms with E-state index in [2.05, 4.69) is 38.2 Å². The molecule has 0 heterocycles. The lowest BCUT2D eigenvalue weighted by Crippen LogP contribution is -2.37. The van der Waals surface area contributed by atoms with E-state index in [1.165, 1.54) is 116 Å². The van der Waals surface area contributed by atoms with Crippen LogP contribution in [0.25, 0.3) is 0 Å². The number of allylic oxidation sites excluding steroid dienone is 4. The summed E-state index contributed by atoms with van der Waals surface area (Å²) in [5, 5.41) is 10.0. The second-order valence-electron chi connectivity index (χ2n) is 14.0. The second-order valence-corrected chi connectivity index (χ2v) is 14.0. The first-order valence-corrected chi connectivity index (χ1v) is 20.3. The van der Waals surface area contributed by atoms with Gasteiger partial charge in [0.1, 0.15) is 13.2 Å². The predicted molar refractivity (Wildman–Crippen MR) is 201 cm³/mol. The minimum absolute atomic E-state index is 0.0879.